The molecule has 1 aliphatic rings. The summed E-state index contributed by atoms with van der Waals surface area (Å²) >= 11 is 1.48. The Balaban J connectivity index is 1.53. The third-order valence-corrected chi connectivity index (χ3v) is 5.70. The van der Waals surface area contributed by atoms with Crippen molar-refractivity contribution in [2.75, 3.05) is 20.3 Å². The molecule has 28 heavy (non-hydrogen) atoms. The number of piperidine rings is 1. The van der Waals surface area contributed by atoms with E-state index >= 15 is 0 Å². The molecule has 1 aromatic carbocycles. The van der Waals surface area contributed by atoms with Gasteiger partial charge in [0, 0.05) is 31.0 Å². The lowest BCUT2D eigenvalue weighted by Crippen LogP contribution is -2.38. The maximum absolute atomic E-state index is 13.2. The quantitative estimate of drug-likeness (QED) is 0.629. The fourth-order valence-corrected chi connectivity index (χ4v) is 4.16. The number of likely N-dealkylation sites (tertiary alicyclic amines) is 1. The minimum atomic E-state index is -0.202. The first-order valence-electron chi connectivity index (χ1n) is 9.39. The average molecular weight is 398 g/mol. The first-order valence-corrected chi connectivity index (χ1v) is 10.3. The number of amides is 1. The van der Waals surface area contributed by atoms with Crippen LogP contribution >= 0.6 is 11.3 Å². The molecule has 0 radical (unpaired) electrons. The van der Waals surface area contributed by atoms with E-state index in [1.807, 2.05) is 40.6 Å². The predicted molar refractivity (Wildman–Crippen MR) is 105 cm³/mol. The Bertz CT molecular complexity index is 924. The normalized spacial score (nSPS) is 17.0. The molecule has 3 aromatic rings. The fourth-order valence-electron chi connectivity index (χ4n) is 3.36. The summed E-state index contributed by atoms with van der Waals surface area (Å²) in [6.45, 7) is 1.20. The van der Waals surface area contributed by atoms with Gasteiger partial charge in [-0.15, -0.1) is 11.3 Å². The van der Waals surface area contributed by atoms with Gasteiger partial charge < -0.3 is 14.2 Å². The van der Waals surface area contributed by atoms with Crippen molar-refractivity contribution in [3.63, 3.8) is 0 Å². The van der Waals surface area contributed by atoms with E-state index < -0.39 is 0 Å². The molecule has 1 amide bonds. The molecule has 7 nitrogen and oxygen atoms in total. The van der Waals surface area contributed by atoms with E-state index in [9.17, 15) is 4.79 Å². The van der Waals surface area contributed by atoms with E-state index in [2.05, 4.69) is 15.1 Å². The van der Waals surface area contributed by atoms with Gasteiger partial charge in [-0.2, -0.15) is 4.98 Å². The summed E-state index contributed by atoms with van der Waals surface area (Å²) in [5, 5.41) is 6.69. The number of benzene rings is 1. The number of carbonyl (C=O) groups is 1. The van der Waals surface area contributed by atoms with Crippen LogP contribution in [0.15, 0.2) is 40.2 Å². The van der Waals surface area contributed by atoms with E-state index in [4.69, 9.17) is 9.26 Å². The SMILES string of the molecule is COCCc1noc(C2CCCCN2C(=O)c2csc(-c3ccccc3)n2)n1. The van der Waals surface area contributed by atoms with Crippen LogP contribution < -0.4 is 0 Å². The molecule has 0 spiro atoms. The van der Waals surface area contributed by atoms with Crippen LogP contribution in [-0.4, -0.2) is 46.2 Å². The highest BCUT2D eigenvalue weighted by Gasteiger charge is 2.33. The monoisotopic (exact) mass is 398 g/mol. The van der Waals surface area contributed by atoms with Gasteiger partial charge in [0.05, 0.1) is 6.61 Å². The Labute approximate surface area is 167 Å². The lowest BCUT2D eigenvalue weighted by Gasteiger charge is -2.32. The van der Waals surface area contributed by atoms with Gasteiger partial charge in [0.1, 0.15) is 16.7 Å². The van der Waals surface area contributed by atoms with Crippen LogP contribution in [0.5, 0.6) is 0 Å². The summed E-state index contributed by atoms with van der Waals surface area (Å²) in [6, 6.07) is 9.69. The molecule has 4 rings (SSSR count). The Morgan fingerprint density at radius 2 is 2.14 bits per heavy atom. The van der Waals surface area contributed by atoms with E-state index in [-0.39, 0.29) is 11.9 Å². The molecule has 0 saturated carbocycles. The van der Waals surface area contributed by atoms with Gasteiger partial charge in [-0.25, -0.2) is 4.98 Å². The lowest BCUT2D eigenvalue weighted by molar-refractivity contribution is 0.0556. The number of rotatable bonds is 6. The molecular formula is C20H22N4O3S. The van der Waals surface area contributed by atoms with Crippen molar-refractivity contribution in [3.8, 4) is 10.6 Å². The van der Waals surface area contributed by atoms with E-state index in [1.165, 1.54) is 11.3 Å². The third kappa shape index (κ3) is 3.98. The van der Waals surface area contributed by atoms with Gasteiger partial charge in [-0.05, 0) is 19.3 Å². The van der Waals surface area contributed by atoms with Gasteiger partial charge in [-0.1, -0.05) is 35.5 Å². The first-order chi connectivity index (χ1) is 13.8. The highest BCUT2D eigenvalue weighted by Crippen LogP contribution is 2.32. The molecule has 2 aromatic heterocycles. The zero-order valence-corrected chi connectivity index (χ0v) is 16.5. The number of ether oxygens (including phenoxy) is 1. The van der Waals surface area contributed by atoms with Crippen LogP contribution in [0.2, 0.25) is 0 Å². The number of methoxy groups -OCH3 is 1. The number of hydrogen-bond acceptors (Lipinski definition) is 7. The summed E-state index contributed by atoms with van der Waals surface area (Å²) in [4.78, 5) is 24.0. The maximum atomic E-state index is 13.2. The number of hydrogen-bond donors (Lipinski definition) is 0. The molecule has 0 N–H and O–H groups in total. The molecule has 0 aliphatic carbocycles. The minimum Gasteiger partial charge on any atom is -0.384 e. The van der Waals surface area contributed by atoms with Gasteiger partial charge in [0.15, 0.2) is 5.82 Å². The van der Waals surface area contributed by atoms with Crippen molar-refractivity contribution in [2.24, 2.45) is 0 Å². The van der Waals surface area contributed by atoms with Crippen LogP contribution in [0.3, 0.4) is 0 Å². The second kappa shape index (κ2) is 8.62. The summed E-state index contributed by atoms with van der Waals surface area (Å²) in [6.07, 6.45) is 3.39. The molecule has 8 heteroatoms. The fraction of sp³-hybridized carbons (Fsp3) is 0.400. The zero-order chi connectivity index (χ0) is 19.3. The van der Waals surface area contributed by atoms with Crippen LogP contribution in [0.25, 0.3) is 10.6 Å². The van der Waals surface area contributed by atoms with Crippen molar-refractivity contribution in [2.45, 2.75) is 31.7 Å². The molecule has 1 fully saturated rings. The summed E-state index contributed by atoms with van der Waals surface area (Å²) in [7, 11) is 1.64. The molecule has 0 bridgehead atoms. The second-order valence-corrected chi connectivity index (χ2v) is 7.56. The Morgan fingerprint density at radius 1 is 1.29 bits per heavy atom. The topological polar surface area (TPSA) is 81.4 Å². The molecule has 1 aliphatic heterocycles. The summed E-state index contributed by atoms with van der Waals surface area (Å²) in [5.74, 6) is 1.02. The van der Waals surface area contributed by atoms with Crippen molar-refractivity contribution in [1.82, 2.24) is 20.0 Å². The van der Waals surface area contributed by atoms with Crippen molar-refractivity contribution >= 4 is 17.2 Å². The van der Waals surface area contributed by atoms with Crippen molar-refractivity contribution < 1.29 is 14.1 Å². The van der Waals surface area contributed by atoms with Crippen LogP contribution in [0.4, 0.5) is 0 Å². The van der Waals surface area contributed by atoms with Crippen LogP contribution in [0, 0.1) is 0 Å². The number of nitrogens with zero attached hydrogens (tertiary/aromatic N) is 4. The highest BCUT2D eigenvalue weighted by molar-refractivity contribution is 7.13. The maximum Gasteiger partial charge on any atom is 0.274 e. The number of thiazole rings is 1. The second-order valence-electron chi connectivity index (χ2n) is 6.71. The van der Waals surface area contributed by atoms with Crippen LogP contribution in [0.1, 0.15) is 47.5 Å². The Kier molecular flexibility index (Phi) is 5.78. The first kappa shape index (κ1) is 18.8. The Morgan fingerprint density at radius 3 is 2.96 bits per heavy atom. The number of carbonyl (C=O) groups excluding carboxylic acids is 1. The summed E-state index contributed by atoms with van der Waals surface area (Å²) < 4.78 is 10.5. The standard InChI is InChI=1S/C20H22N4O3S/c1-26-12-10-17-22-18(27-23-17)16-9-5-6-11-24(16)20(25)15-13-28-19(21-15)14-7-3-2-4-8-14/h2-4,7-8,13,16H,5-6,9-12H2,1H3. The van der Waals surface area contributed by atoms with Crippen LogP contribution in [-0.2, 0) is 11.2 Å². The molecule has 1 saturated heterocycles. The lowest BCUT2D eigenvalue weighted by atomic mass is 10.0. The smallest absolute Gasteiger partial charge is 0.274 e. The molecule has 1 unspecified atom stereocenters. The van der Waals surface area contributed by atoms with Crippen molar-refractivity contribution in [3.05, 3.63) is 53.1 Å². The third-order valence-electron chi connectivity index (χ3n) is 4.81. The zero-order valence-electron chi connectivity index (χ0n) is 15.7. The molecular weight excluding hydrogens is 376 g/mol. The van der Waals surface area contributed by atoms with Gasteiger partial charge >= 0.3 is 0 Å². The van der Waals surface area contributed by atoms with Crippen molar-refractivity contribution in [1.29, 1.82) is 0 Å². The van der Waals surface area contributed by atoms with E-state index in [1.54, 1.807) is 7.11 Å². The minimum absolute atomic E-state index is 0.0835. The number of aromatic nitrogens is 3. The van der Waals surface area contributed by atoms with Gasteiger partial charge in [-0.3, -0.25) is 4.79 Å². The summed E-state index contributed by atoms with van der Waals surface area (Å²) in [5.41, 5.74) is 1.48. The molecule has 1 atom stereocenters. The molecule has 146 valence electrons. The average Bonchev–Trinajstić information content (AvgIpc) is 3.42. The predicted octanol–water partition coefficient (Wildman–Crippen LogP) is 3.75. The van der Waals surface area contributed by atoms with Gasteiger partial charge in [0.25, 0.3) is 5.91 Å². The van der Waals surface area contributed by atoms with Gasteiger partial charge in [0.2, 0.25) is 5.89 Å². The molecule has 3 heterocycles. The highest BCUT2D eigenvalue weighted by atomic mass is 32.1. The largest absolute Gasteiger partial charge is 0.384 e. The van der Waals surface area contributed by atoms with E-state index in [0.717, 1.165) is 29.8 Å². The van der Waals surface area contributed by atoms with E-state index in [0.29, 0.717) is 37.0 Å². The Hall–Kier alpha value is -2.58.